The number of nitrogens with one attached hydrogen (secondary N) is 1. The summed E-state index contributed by atoms with van der Waals surface area (Å²) in [6.45, 7) is 1.61. The van der Waals surface area contributed by atoms with E-state index in [1.807, 2.05) is 24.3 Å². The lowest BCUT2D eigenvalue weighted by Crippen LogP contribution is -2.37. The van der Waals surface area contributed by atoms with E-state index < -0.39 is 21.8 Å². The molecule has 1 atom stereocenters. The van der Waals surface area contributed by atoms with Gasteiger partial charge in [-0.05, 0) is 29.8 Å². The zero-order valence-electron chi connectivity index (χ0n) is 11.8. The Morgan fingerprint density at radius 3 is 2.38 bits per heavy atom. The Kier molecular flexibility index (Phi) is 4.18. The van der Waals surface area contributed by atoms with Gasteiger partial charge in [0.15, 0.2) is 0 Å². The van der Waals surface area contributed by atoms with Crippen LogP contribution in [-0.2, 0) is 9.84 Å². The second-order valence-electron chi connectivity index (χ2n) is 5.18. The summed E-state index contributed by atoms with van der Waals surface area (Å²) in [5.74, 6) is -0.764. The van der Waals surface area contributed by atoms with Crippen molar-refractivity contribution in [3.05, 3.63) is 42.0 Å². The Balaban J connectivity index is 2.25. The summed E-state index contributed by atoms with van der Waals surface area (Å²) in [7, 11) is -3.17. The Morgan fingerprint density at radius 1 is 1.24 bits per heavy atom. The monoisotopic (exact) mass is 307 g/mol. The molecule has 6 heteroatoms. The highest BCUT2D eigenvalue weighted by Gasteiger charge is 2.17. The molecule has 2 rings (SSSR count). The smallest absolute Gasteiger partial charge is 0.255 e. The van der Waals surface area contributed by atoms with Crippen molar-refractivity contribution in [3.8, 4) is 5.75 Å². The zero-order chi connectivity index (χ0) is 15.6. The highest BCUT2D eigenvalue weighted by molar-refractivity contribution is 7.90. The molecule has 0 radical (unpaired) electrons. The van der Waals surface area contributed by atoms with Gasteiger partial charge < -0.3 is 10.4 Å². The molecule has 1 amide bonds. The third-order valence-electron chi connectivity index (χ3n) is 3.04. The molecule has 0 heterocycles. The molecule has 5 nitrogen and oxygen atoms in total. The first-order valence-electron chi connectivity index (χ1n) is 6.46. The van der Waals surface area contributed by atoms with Crippen molar-refractivity contribution in [2.24, 2.45) is 0 Å². The van der Waals surface area contributed by atoms with Crippen molar-refractivity contribution in [1.82, 2.24) is 5.32 Å². The molecule has 0 aliphatic carbocycles. The van der Waals surface area contributed by atoms with Gasteiger partial charge in [0.1, 0.15) is 15.6 Å². The zero-order valence-corrected chi connectivity index (χ0v) is 12.6. The molecule has 0 aliphatic rings. The van der Waals surface area contributed by atoms with Gasteiger partial charge in [0.2, 0.25) is 0 Å². The van der Waals surface area contributed by atoms with Gasteiger partial charge in [-0.25, -0.2) is 8.42 Å². The predicted molar refractivity (Wildman–Crippen MR) is 82.3 cm³/mol. The van der Waals surface area contributed by atoms with Crippen molar-refractivity contribution >= 4 is 26.5 Å². The summed E-state index contributed by atoms with van der Waals surface area (Å²) in [5, 5.41) is 14.2. The first kappa shape index (κ1) is 15.3. The third kappa shape index (κ3) is 3.95. The molecule has 2 aromatic rings. The van der Waals surface area contributed by atoms with E-state index >= 15 is 0 Å². The van der Waals surface area contributed by atoms with Crippen molar-refractivity contribution in [3.63, 3.8) is 0 Å². The standard InChI is InChI=1S/C15H17NO4S/c1-10(9-21(2,19)20)16-15(18)13-7-11-5-3-4-6-12(11)8-14(13)17/h3-8,10,17H,9H2,1-2H3,(H,16,18). The van der Waals surface area contributed by atoms with Crippen molar-refractivity contribution < 1.29 is 18.3 Å². The van der Waals surface area contributed by atoms with Crippen LogP contribution in [0.3, 0.4) is 0 Å². The number of hydrogen-bond acceptors (Lipinski definition) is 4. The number of phenolic OH excluding ortho intramolecular Hbond substituents is 1. The fourth-order valence-corrected chi connectivity index (χ4v) is 3.20. The molecular formula is C15H17NO4S. The summed E-state index contributed by atoms with van der Waals surface area (Å²) < 4.78 is 22.4. The SMILES string of the molecule is CC(CS(C)(=O)=O)NC(=O)c1cc2ccccc2cc1O. The molecule has 0 fully saturated rings. The Bertz CT molecular complexity index is 783. The van der Waals surface area contributed by atoms with Crippen LogP contribution in [0.2, 0.25) is 0 Å². The van der Waals surface area contributed by atoms with Crippen molar-refractivity contribution in [2.75, 3.05) is 12.0 Å². The first-order valence-corrected chi connectivity index (χ1v) is 8.52. The molecule has 21 heavy (non-hydrogen) atoms. The van der Waals surface area contributed by atoms with Crippen molar-refractivity contribution in [1.29, 1.82) is 0 Å². The van der Waals surface area contributed by atoms with E-state index in [9.17, 15) is 18.3 Å². The maximum absolute atomic E-state index is 12.1. The van der Waals surface area contributed by atoms with Crippen LogP contribution < -0.4 is 5.32 Å². The van der Waals surface area contributed by atoms with Gasteiger partial charge in [-0.2, -0.15) is 0 Å². The topological polar surface area (TPSA) is 83.5 Å². The van der Waals surface area contributed by atoms with Gasteiger partial charge in [0, 0.05) is 12.3 Å². The fourth-order valence-electron chi connectivity index (χ4n) is 2.21. The Hall–Kier alpha value is -2.08. The molecule has 0 saturated heterocycles. The van der Waals surface area contributed by atoms with E-state index in [1.165, 1.54) is 6.07 Å². The number of sulfone groups is 1. The van der Waals surface area contributed by atoms with Gasteiger partial charge in [0.05, 0.1) is 11.3 Å². The summed E-state index contributed by atoms with van der Waals surface area (Å²) in [5.41, 5.74) is 0.133. The molecular weight excluding hydrogens is 290 g/mol. The Morgan fingerprint density at radius 2 is 1.81 bits per heavy atom. The summed E-state index contributed by atoms with van der Waals surface area (Å²) in [4.78, 5) is 12.1. The number of amides is 1. The normalized spacial score (nSPS) is 13.0. The number of rotatable bonds is 4. The van der Waals surface area contributed by atoms with Crippen molar-refractivity contribution in [2.45, 2.75) is 13.0 Å². The molecule has 0 spiro atoms. The van der Waals surface area contributed by atoms with E-state index in [-0.39, 0.29) is 17.1 Å². The quantitative estimate of drug-likeness (QED) is 0.900. The lowest BCUT2D eigenvalue weighted by atomic mass is 10.1. The first-order chi connectivity index (χ1) is 9.76. The van der Waals surface area contributed by atoms with Crippen LogP contribution in [0.4, 0.5) is 0 Å². The number of hydrogen-bond donors (Lipinski definition) is 2. The van der Waals surface area contributed by atoms with Gasteiger partial charge in [-0.15, -0.1) is 0 Å². The van der Waals surface area contributed by atoms with E-state index in [2.05, 4.69) is 5.32 Å². The second kappa shape index (κ2) is 5.73. The van der Waals surface area contributed by atoms with Crippen LogP contribution in [0.1, 0.15) is 17.3 Å². The second-order valence-corrected chi connectivity index (χ2v) is 7.37. The van der Waals surface area contributed by atoms with Crippen LogP contribution in [0.15, 0.2) is 36.4 Å². The van der Waals surface area contributed by atoms with Gasteiger partial charge in [0.25, 0.3) is 5.91 Å². The number of carbonyl (C=O) groups is 1. The molecule has 0 saturated carbocycles. The number of carbonyl (C=O) groups excluding carboxylic acids is 1. The minimum atomic E-state index is -3.17. The lowest BCUT2D eigenvalue weighted by Gasteiger charge is -2.14. The largest absolute Gasteiger partial charge is 0.507 e. The average molecular weight is 307 g/mol. The molecule has 2 aromatic carbocycles. The fraction of sp³-hybridized carbons (Fsp3) is 0.267. The molecule has 0 bridgehead atoms. The maximum atomic E-state index is 12.1. The van der Waals surface area contributed by atoms with Crippen LogP contribution in [0.25, 0.3) is 10.8 Å². The Labute approximate surface area is 123 Å². The maximum Gasteiger partial charge on any atom is 0.255 e. The van der Waals surface area contributed by atoms with Crippen LogP contribution >= 0.6 is 0 Å². The van der Waals surface area contributed by atoms with E-state index in [0.29, 0.717) is 0 Å². The third-order valence-corrected chi connectivity index (χ3v) is 4.14. The summed E-state index contributed by atoms with van der Waals surface area (Å²) >= 11 is 0. The predicted octanol–water partition coefficient (Wildman–Crippen LogP) is 1.71. The molecule has 2 N–H and O–H groups in total. The number of aromatic hydroxyl groups is 1. The molecule has 112 valence electrons. The summed E-state index contributed by atoms with van der Waals surface area (Å²) in [6, 6.07) is 9.94. The van der Waals surface area contributed by atoms with Crippen LogP contribution in [-0.4, -0.2) is 37.5 Å². The number of phenols is 1. The number of benzene rings is 2. The van der Waals surface area contributed by atoms with E-state index in [1.54, 1.807) is 13.0 Å². The highest BCUT2D eigenvalue weighted by Crippen LogP contribution is 2.24. The van der Waals surface area contributed by atoms with Gasteiger partial charge in [-0.3, -0.25) is 4.79 Å². The van der Waals surface area contributed by atoms with E-state index in [0.717, 1.165) is 17.0 Å². The summed E-state index contributed by atoms with van der Waals surface area (Å²) in [6.07, 6.45) is 1.11. The lowest BCUT2D eigenvalue weighted by molar-refractivity contribution is 0.0941. The van der Waals surface area contributed by atoms with Gasteiger partial charge >= 0.3 is 0 Å². The molecule has 0 aliphatic heterocycles. The minimum absolute atomic E-state index is 0.127. The van der Waals surface area contributed by atoms with Crippen LogP contribution in [0.5, 0.6) is 5.75 Å². The molecule has 0 aromatic heterocycles. The minimum Gasteiger partial charge on any atom is -0.507 e. The van der Waals surface area contributed by atoms with E-state index in [4.69, 9.17) is 0 Å². The highest BCUT2D eigenvalue weighted by atomic mass is 32.2. The van der Waals surface area contributed by atoms with Gasteiger partial charge in [-0.1, -0.05) is 24.3 Å². The molecule has 1 unspecified atom stereocenters. The van der Waals surface area contributed by atoms with Crippen LogP contribution in [0, 0.1) is 0 Å². The number of fused-ring (bicyclic) bond motifs is 1. The average Bonchev–Trinajstić information content (AvgIpc) is 2.35.